The number of thiazole rings is 1. The van der Waals surface area contributed by atoms with Gasteiger partial charge in [0.15, 0.2) is 0 Å². The maximum Gasteiger partial charge on any atom is 0.305 e. The number of carbonyl (C=O) groups is 2. The highest BCUT2D eigenvalue weighted by Gasteiger charge is 2.31. The molecule has 2 fully saturated rings. The van der Waals surface area contributed by atoms with Crippen molar-refractivity contribution in [2.45, 2.75) is 31.4 Å². The Hall–Kier alpha value is -1.12. The van der Waals surface area contributed by atoms with Gasteiger partial charge in [0.2, 0.25) is 0 Å². The fourth-order valence-electron chi connectivity index (χ4n) is 2.75. The van der Waals surface area contributed by atoms with Crippen molar-refractivity contribution in [3.05, 3.63) is 16.1 Å². The summed E-state index contributed by atoms with van der Waals surface area (Å²) in [6, 6.07) is -0.253. The van der Waals surface area contributed by atoms with E-state index in [1.54, 1.807) is 22.0 Å². The maximum atomic E-state index is 12.6. The number of aliphatic carboxylic acids is 1. The van der Waals surface area contributed by atoms with Crippen LogP contribution in [0, 0.1) is 0 Å². The number of rotatable bonds is 4. The molecule has 2 saturated heterocycles. The summed E-state index contributed by atoms with van der Waals surface area (Å²) in [5.41, 5.74) is 0.415. The molecule has 6 nitrogen and oxygen atoms in total. The van der Waals surface area contributed by atoms with E-state index in [1.807, 2.05) is 0 Å². The van der Waals surface area contributed by atoms with Crippen LogP contribution in [0.15, 0.2) is 5.38 Å². The monoisotopic (exact) mass is 342 g/mol. The summed E-state index contributed by atoms with van der Waals surface area (Å²) >= 11 is 3.14. The van der Waals surface area contributed by atoms with Crippen molar-refractivity contribution in [2.75, 3.05) is 24.7 Å². The molecule has 0 aliphatic carbocycles. The summed E-state index contributed by atoms with van der Waals surface area (Å²) in [6.45, 7) is 1.33. The topological polar surface area (TPSA) is 79.7 Å². The van der Waals surface area contributed by atoms with Crippen LogP contribution < -0.4 is 0 Å². The quantitative estimate of drug-likeness (QED) is 0.902. The highest BCUT2D eigenvalue weighted by Crippen LogP contribution is 2.31. The number of ether oxygens (including phenoxy) is 1. The number of nitrogens with zero attached hydrogens (tertiary/aromatic N) is 2. The summed E-state index contributed by atoms with van der Waals surface area (Å²) in [5, 5.41) is 11.6. The third-order valence-corrected chi connectivity index (χ3v) is 5.87. The van der Waals surface area contributed by atoms with Crippen LogP contribution in [0.3, 0.4) is 0 Å². The van der Waals surface area contributed by atoms with E-state index in [2.05, 4.69) is 4.98 Å². The molecule has 3 heterocycles. The van der Waals surface area contributed by atoms with E-state index in [-0.39, 0.29) is 24.5 Å². The molecule has 0 radical (unpaired) electrons. The number of hydrogen-bond acceptors (Lipinski definition) is 6. The van der Waals surface area contributed by atoms with E-state index in [0.717, 1.165) is 30.2 Å². The van der Waals surface area contributed by atoms with Gasteiger partial charge in [-0.3, -0.25) is 9.59 Å². The van der Waals surface area contributed by atoms with Gasteiger partial charge >= 0.3 is 5.97 Å². The van der Waals surface area contributed by atoms with E-state index < -0.39 is 5.97 Å². The molecule has 2 atom stereocenters. The second kappa shape index (κ2) is 6.97. The van der Waals surface area contributed by atoms with Crippen LogP contribution in [0.4, 0.5) is 0 Å². The zero-order chi connectivity index (χ0) is 15.5. The van der Waals surface area contributed by atoms with Gasteiger partial charge in [-0.05, 0) is 12.8 Å². The Bertz CT molecular complexity index is 557. The second-order valence-electron chi connectivity index (χ2n) is 5.40. The van der Waals surface area contributed by atoms with E-state index in [9.17, 15) is 9.59 Å². The predicted octanol–water partition coefficient (Wildman–Crippen LogP) is 2.03. The van der Waals surface area contributed by atoms with Crippen molar-refractivity contribution in [1.29, 1.82) is 0 Å². The zero-order valence-electron chi connectivity index (χ0n) is 12.1. The van der Waals surface area contributed by atoms with Gasteiger partial charge in [-0.1, -0.05) is 0 Å². The lowest BCUT2D eigenvalue weighted by molar-refractivity contribution is -0.138. The standard InChI is InChI=1S/C14H18N2O4S2/c17-12(18)6-9-7-21-5-3-16(9)14(19)10-8-22-13(15-10)11-2-1-4-20-11/h8-9,11H,1-7H2,(H,17,18). The van der Waals surface area contributed by atoms with Crippen molar-refractivity contribution >= 4 is 35.0 Å². The first-order valence-corrected chi connectivity index (χ1v) is 9.36. The summed E-state index contributed by atoms with van der Waals surface area (Å²) < 4.78 is 5.59. The molecule has 1 N–H and O–H groups in total. The Morgan fingerprint density at radius 3 is 3.09 bits per heavy atom. The van der Waals surface area contributed by atoms with Crippen LogP contribution in [0.5, 0.6) is 0 Å². The molecule has 0 saturated carbocycles. The Morgan fingerprint density at radius 2 is 2.36 bits per heavy atom. The van der Waals surface area contributed by atoms with Gasteiger partial charge in [-0.2, -0.15) is 11.8 Å². The number of thioether (sulfide) groups is 1. The van der Waals surface area contributed by atoms with E-state index in [0.29, 0.717) is 18.0 Å². The molecular weight excluding hydrogens is 324 g/mol. The molecule has 0 spiro atoms. The lowest BCUT2D eigenvalue weighted by Crippen LogP contribution is -2.47. The predicted molar refractivity (Wildman–Crippen MR) is 84.4 cm³/mol. The van der Waals surface area contributed by atoms with E-state index in [1.165, 1.54) is 11.3 Å². The van der Waals surface area contributed by atoms with E-state index in [4.69, 9.17) is 9.84 Å². The number of carbonyl (C=O) groups excluding carboxylic acids is 1. The Morgan fingerprint density at radius 1 is 1.50 bits per heavy atom. The number of amides is 1. The molecule has 1 aromatic heterocycles. The Labute approximate surface area is 136 Å². The molecule has 8 heteroatoms. The van der Waals surface area contributed by atoms with Gasteiger partial charge in [0.05, 0.1) is 12.5 Å². The lowest BCUT2D eigenvalue weighted by Gasteiger charge is -2.34. The zero-order valence-corrected chi connectivity index (χ0v) is 13.7. The molecular formula is C14H18N2O4S2. The van der Waals surface area contributed by atoms with Crippen LogP contribution in [0.2, 0.25) is 0 Å². The lowest BCUT2D eigenvalue weighted by atomic mass is 10.2. The van der Waals surface area contributed by atoms with E-state index >= 15 is 0 Å². The summed E-state index contributed by atoms with van der Waals surface area (Å²) in [6.07, 6.45) is 1.97. The number of aromatic nitrogens is 1. The minimum atomic E-state index is -0.872. The third-order valence-electron chi connectivity index (χ3n) is 3.84. The normalized spacial score (nSPS) is 25.4. The number of hydrogen-bond donors (Lipinski definition) is 1. The Kier molecular flexibility index (Phi) is 5.00. The summed E-state index contributed by atoms with van der Waals surface area (Å²) in [5.74, 6) is 0.474. The average Bonchev–Trinajstić information content (AvgIpc) is 3.17. The smallest absolute Gasteiger partial charge is 0.305 e. The van der Waals surface area contributed by atoms with Crippen LogP contribution in [0.1, 0.15) is 40.9 Å². The largest absolute Gasteiger partial charge is 0.481 e. The SMILES string of the molecule is O=C(O)CC1CSCCN1C(=O)c1csc(C2CCCO2)n1. The van der Waals surface area contributed by atoms with Gasteiger partial charge in [0.1, 0.15) is 16.8 Å². The Balaban J connectivity index is 1.72. The molecule has 0 bridgehead atoms. The first-order chi connectivity index (χ1) is 10.6. The van der Waals surface area contributed by atoms with Crippen molar-refractivity contribution in [3.63, 3.8) is 0 Å². The molecule has 0 aromatic carbocycles. The first kappa shape index (κ1) is 15.8. The molecule has 2 aliphatic rings. The molecule has 3 rings (SSSR count). The van der Waals surface area contributed by atoms with Gasteiger partial charge in [0.25, 0.3) is 5.91 Å². The van der Waals surface area contributed by atoms with Gasteiger partial charge in [-0.15, -0.1) is 11.3 Å². The van der Waals surface area contributed by atoms with Crippen LogP contribution >= 0.6 is 23.1 Å². The molecule has 22 heavy (non-hydrogen) atoms. The maximum absolute atomic E-state index is 12.6. The average molecular weight is 342 g/mol. The second-order valence-corrected chi connectivity index (χ2v) is 7.44. The minimum Gasteiger partial charge on any atom is -0.481 e. The number of carboxylic acids is 1. The molecule has 2 aliphatic heterocycles. The van der Waals surface area contributed by atoms with Gasteiger partial charge < -0.3 is 14.7 Å². The summed E-state index contributed by atoms with van der Waals surface area (Å²) in [4.78, 5) is 29.7. The summed E-state index contributed by atoms with van der Waals surface area (Å²) in [7, 11) is 0. The van der Waals surface area contributed by atoms with Crippen molar-refractivity contribution in [3.8, 4) is 0 Å². The molecule has 1 aromatic rings. The minimum absolute atomic E-state index is 0.0123. The van der Waals surface area contributed by atoms with Crippen molar-refractivity contribution in [2.24, 2.45) is 0 Å². The highest BCUT2D eigenvalue weighted by molar-refractivity contribution is 7.99. The number of carboxylic acid groups (broad SMARTS) is 1. The van der Waals surface area contributed by atoms with Crippen LogP contribution in [-0.4, -0.2) is 57.6 Å². The van der Waals surface area contributed by atoms with Gasteiger partial charge in [0, 0.05) is 30.0 Å². The first-order valence-electron chi connectivity index (χ1n) is 7.32. The van der Waals surface area contributed by atoms with Gasteiger partial charge in [-0.25, -0.2) is 4.98 Å². The fraction of sp³-hybridized carbons (Fsp3) is 0.643. The molecule has 2 unspecified atom stereocenters. The molecule has 120 valence electrons. The highest BCUT2D eigenvalue weighted by atomic mass is 32.2. The molecule has 1 amide bonds. The van der Waals surface area contributed by atoms with Crippen molar-refractivity contribution < 1.29 is 19.4 Å². The van der Waals surface area contributed by atoms with Crippen LogP contribution in [-0.2, 0) is 9.53 Å². The van der Waals surface area contributed by atoms with Crippen molar-refractivity contribution in [1.82, 2.24) is 9.88 Å². The fourth-order valence-corrected chi connectivity index (χ4v) is 4.68. The third kappa shape index (κ3) is 3.44. The van der Waals surface area contributed by atoms with Crippen LogP contribution in [0.25, 0.3) is 0 Å².